The van der Waals surface area contributed by atoms with E-state index in [2.05, 4.69) is 6.92 Å². The summed E-state index contributed by atoms with van der Waals surface area (Å²) in [6.07, 6.45) is 15.9. The fourth-order valence-corrected chi connectivity index (χ4v) is 9.17. The number of hydrogen-bond donors (Lipinski definition) is 0. The van der Waals surface area contributed by atoms with E-state index in [1.165, 1.54) is 63.4 Å². The predicted octanol–water partition coefficient (Wildman–Crippen LogP) is 7.71. The molecule has 1 aliphatic carbocycles. The normalized spacial score (nSPS) is 29.6. The molecule has 1 aliphatic heterocycles. The van der Waals surface area contributed by atoms with Gasteiger partial charge in [-0.3, -0.25) is 0 Å². The average molecular weight is 375 g/mol. The van der Waals surface area contributed by atoms with Crippen molar-refractivity contribution in [3.05, 3.63) is 35.6 Å². The maximum absolute atomic E-state index is 13.1. The molecule has 0 atom stereocenters. The molecule has 0 aromatic heterocycles. The summed E-state index contributed by atoms with van der Waals surface area (Å²) < 4.78 is 13.1. The Labute approximate surface area is 162 Å². The summed E-state index contributed by atoms with van der Waals surface area (Å²) >= 11 is 0. The highest BCUT2D eigenvalue weighted by atomic mass is 28.3. The molecular weight excluding hydrogens is 335 g/mol. The quantitative estimate of drug-likeness (QED) is 0.323. The van der Waals surface area contributed by atoms with Crippen molar-refractivity contribution in [3.63, 3.8) is 0 Å². The lowest BCUT2D eigenvalue weighted by atomic mass is 9.77. The van der Waals surface area contributed by atoms with Crippen molar-refractivity contribution >= 4 is 8.80 Å². The van der Waals surface area contributed by atoms with E-state index < -0.39 is 0 Å². The molecule has 1 saturated carbocycles. The lowest BCUT2D eigenvalue weighted by Gasteiger charge is -2.29. The second-order valence-electron chi connectivity index (χ2n) is 9.23. The van der Waals surface area contributed by atoms with Gasteiger partial charge in [0.2, 0.25) is 0 Å². The number of hydrogen-bond acceptors (Lipinski definition) is 0. The molecule has 2 aliphatic rings. The van der Waals surface area contributed by atoms with Crippen LogP contribution < -0.4 is 0 Å². The first kappa shape index (κ1) is 20.1. The first-order chi connectivity index (χ1) is 12.7. The number of unbranched alkanes of at least 4 members (excludes halogenated alkanes) is 1. The molecule has 0 N–H and O–H groups in total. The molecule has 0 bridgehead atoms. The number of rotatable bonds is 8. The maximum atomic E-state index is 13.1. The van der Waals surface area contributed by atoms with Crippen LogP contribution in [0.4, 0.5) is 4.39 Å². The van der Waals surface area contributed by atoms with Crippen LogP contribution in [0.25, 0.3) is 0 Å². The molecule has 0 radical (unpaired) electrons. The number of halogens is 1. The van der Waals surface area contributed by atoms with E-state index in [1.54, 1.807) is 43.1 Å². The largest absolute Gasteiger partial charge is 0.207 e. The number of benzene rings is 1. The summed E-state index contributed by atoms with van der Waals surface area (Å²) in [7, 11) is -0.285. The molecule has 0 spiro atoms. The highest BCUT2D eigenvalue weighted by molar-refractivity contribution is 6.58. The van der Waals surface area contributed by atoms with Gasteiger partial charge in [-0.05, 0) is 61.1 Å². The highest BCUT2D eigenvalue weighted by Crippen LogP contribution is 2.38. The molecule has 1 saturated heterocycles. The molecule has 0 amide bonds. The lowest BCUT2D eigenvalue weighted by Crippen LogP contribution is -2.21. The van der Waals surface area contributed by atoms with Gasteiger partial charge in [0.25, 0.3) is 0 Å². The van der Waals surface area contributed by atoms with Crippen LogP contribution in [-0.4, -0.2) is 8.80 Å². The predicted molar refractivity (Wildman–Crippen MR) is 114 cm³/mol. The van der Waals surface area contributed by atoms with E-state index in [0.717, 1.165) is 11.8 Å². The van der Waals surface area contributed by atoms with Crippen LogP contribution in [0.5, 0.6) is 0 Å². The van der Waals surface area contributed by atoms with Crippen LogP contribution in [0.2, 0.25) is 18.1 Å². The Kier molecular flexibility index (Phi) is 8.23. The summed E-state index contributed by atoms with van der Waals surface area (Å²) in [5.41, 5.74) is 1.35. The van der Waals surface area contributed by atoms with Crippen molar-refractivity contribution in [3.8, 4) is 0 Å². The monoisotopic (exact) mass is 374 g/mol. The molecule has 3 rings (SSSR count). The zero-order chi connectivity index (χ0) is 18.2. The summed E-state index contributed by atoms with van der Waals surface area (Å²) in [6.45, 7) is 2.37. The van der Waals surface area contributed by atoms with Crippen LogP contribution >= 0.6 is 0 Å². The Morgan fingerprint density at radius 1 is 0.846 bits per heavy atom. The minimum absolute atomic E-state index is 0.108. The Hall–Kier alpha value is -0.633. The third kappa shape index (κ3) is 6.22. The standard InChI is InChI=1S/C24H39FSi/c1-2-17-26-18-15-21(16-19-26)6-4-3-5-20-7-9-22(10-8-20)23-11-13-24(25)14-12-23/h11-14,20-22,26H,2-10,15-19H2,1H3/t20-,21?,22-,26?. The Bertz CT molecular complexity index is 495. The molecule has 0 unspecified atom stereocenters. The van der Waals surface area contributed by atoms with Crippen molar-refractivity contribution in [2.24, 2.45) is 11.8 Å². The highest BCUT2D eigenvalue weighted by Gasteiger charge is 2.23. The van der Waals surface area contributed by atoms with E-state index >= 15 is 0 Å². The van der Waals surface area contributed by atoms with E-state index in [1.807, 2.05) is 12.1 Å². The van der Waals surface area contributed by atoms with Gasteiger partial charge in [0.15, 0.2) is 0 Å². The van der Waals surface area contributed by atoms with Gasteiger partial charge in [-0.25, -0.2) is 4.39 Å². The fraction of sp³-hybridized carbons (Fsp3) is 0.750. The smallest absolute Gasteiger partial charge is 0.123 e. The molecule has 1 heterocycles. The summed E-state index contributed by atoms with van der Waals surface area (Å²) in [5.74, 6) is 2.60. The van der Waals surface area contributed by atoms with Crippen molar-refractivity contribution in [1.82, 2.24) is 0 Å². The van der Waals surface area contributed by atoms with Gasteiger partial charge in [-0.2, -0.15) is 0 Å². The Morgan fingerprint density at radius 3 is 2.00 bits per heavy atom. The molecule has 146 valence electrons. The molecule has 26 heavy (non-hydrogen) atoms. The third-order valence-corrected chi connectivity index (χ3v) is 11.0. The maximum Gasteiger partial charge on any atom is 0.123 e. The first-order valence-corrected chi connectivity index (χ1v) is 13.9. The molecule has 1 aromatic carbocycles. The minimum atomic E-state index is -0.285. The lowest BCUT2D eigenvalue weighted by molar-refractivity contribution is 0.297. The zero-order valence-electron chi connectivity index (χ0n) is 16.9. The van der Waals surface area contributed by atoms with Gasteiger partial charge in [0, 0.05) is 8.80 Å². The van der Waals surface area contributed by atoms with Gasteiger partial charge >= 0.3 is 0 Å². The van der Waals surface area contributed by atoms with Crippen molar-refractivity contribution < 1.29 is 4.39 Å². The topological polar surface area (TPSA) is 0 Å². The molecule has 2 heteroatoms. The van der Waals surface area contributed by atoms with Crippen LogP contribution in [-0.2, 0) is 0 Å². The van der Waals surface area contributed by atoms with Crippen molar-refractivity contribution in [2.45, 2.75) is 102 Å². The van der Waals surface area contributed by atoms with Crippen LogP contribution in [0, 0.1) is 17.7 Å². The second-order valence-corrected chi connectivity index (χ2v) is 12.7. The summed E-state index contributed by atoms with van der Waals surface area (Å²) in [6, 6.07) is 12.1. The SMILES string of the molecule is CCC[SiH]1CCC(CCCC[C@H]2CC[C@H](c3ccc(F)cc3)CC2)CC1. The van der Waals surface area contributed by atoms with Crippen LogP contribution in [0.15, 0.2) is 24.3 Å². The molecule has 0 nitrogen and oxygen atoms in total. The first-order valence-electron chi connectivity index (χ1n) is 11.5. The van der Waals surface area contributed by atoms with E-state index in [9.17, 15) is 4.39 Å². The Balaban J connectivity index is 1.26. The van der Waals surface area contributed by atoms with Crippen LogP contribution in [0.3, 0.4) is 0 Å². The third-order valence-electron chi connectivity index (χ3n) is 7.33. The molecular formula is C24H39FSi. The minimum Gasteiger partial charge on any atom is -0.207 e. The van der Waals surface area contributed by atoms with Gasteiger partial charge in [-0.15, -0.1) is 0 Å². The van der Waals surface area contributed by atoms with E-state index in [0.29, 0.717) is 5.92 Å². The molecule has 2 fully saturated rings. The zero-order valence-corrected chi connectivity index (χ0v) is 18.1. The van der Waals surface area contributed by atoms with Gasteiger partial charge in [0.05, 0.1) is 0 Å². The summed E-state index contributed by atoms with van der Waals surface area (Å²) in [5, 5.41) is 0. The second kappa shape index (κ2) is 10.6. The summed E-state index contributed by atoms with van der Waals surface area (Å²) in [4.78, 5) is 0. The van der Waals surface area contributed by atoms with Crippen molar-refractivity contribution in [2.75, 3.05) is 0 Å². The van der Waals surface area contributed by atoms with Gasteiger partial charge in [0.1, 0.15) is 5.82 Å². The Morgan fingerprint density at radius 2 is 1.42 bits per heavy atom. The van der Waals surface area contributed by atoms with E-state index in [-0.39, 0.29) is 14.6 Å². The average Bonchev–Trinajstić information content (AvgIpc) is 2.68. The van der Waals surface area contributed by atoms with E-state index in [4.69, 9.17) is 0 Å². The molecule has 1 aromatic rings. The van der Waals surface area contributed by atoms with Gasteiger partial charge < -0.3 is 0 Å². The van der Waals surface area contributed by atoms with Crippen molar-refractivity contribution in [1.29, 1.82) is 0 Å². The van der Waals surface area contributed by atoms with Gasteiger partial charge in [-0.1, -0.05) is 82.1 Å². The fourth-order valence-electron chi connectivity index (χ4n) is 5.60. The van der Waals surface area contributed by atoms with Crippen LogP contribution in [0.1, 0.15) is 89.0 Å².